The van der Waals surface area contributed by atoms with E-state index in [2.05, 4.69) is 0 Å². The number of ketones is 1. The lowest BCUT2D eigenvalue weighted by molar-refractivity contribution is -0.141. The zero-order valence-corrected chi connectivity index (χ0v) is 15.4. The normalized spacial score (nSPS) is 18.8. The number of aryl methyl sites for hydroxylation is 1. The van der Waals surface area contributed by atoms with Gasteiger partial charge in [0.1, 0.15) is 18.1 Å². The van der Waals surface area contributed by atoms with Crippen LogP contribution in [-0.2, 0) is 15.2 Å². The molecule has 2 aromatic rings. The second-order valence-electron chi connectivity index (χ2n) is 6.49. The smallest absolute Gasteiger partial charge is 0.264 e. The van der Waals surface area contributed by atoms with Crippen LogP contribution < -0.4 is 9.64 Å². The van der Waals surface area contributed by atoms with E-state index >= 15 is 0 Å². The van der Waals surface area contributed by atoms with Gasteiger partial charge in [0, 0.05) is 12.0 Å². The molecule has 1 N–H and O–H groups in total. The Morgan fingerprint density at radius 3 is 2.58 bits per heavy atom. The largest absolute Gasteiger partial charge is 0.492 e. The Morgan fingerprint density at radius 1 is 1.23 bits per heavy atom. The highest BCUT2D eigenvalue weighted by Gasteiger charge is 2.51. The van der Waals surface area contributed by atoms with Crippen molar-refractivity contribution in [3.8, 4) is 5.75 Å². The van der Waals surface area contributed by atoms with Crippen LogP contribution in [-0.4, -0.2) is 29.9 Å². The summed E-state index contributed by atoms with van der Waals surface area (Å²) in [5, 5.41) is 11.3. The van der Waals surface area contributed by atoms with Crippen LogP contribution in [0.1, 0.15) is 24.5 Å². The van der Waals surface area contributed by atoms with Crippen LogP contribution >= 0.6 is 11.6 Å². The number of halogens is 1. The maximum atomic E-state index is 12.9. The molecule has 0 bridgehead atoms. The first-order valence-corrected chi connectivity index (χ1v) is 8.73. The quantitative estimate of drug-likeness (QED) is 0.844. The maximum Gasteiger partial charge on any atom is 0.264 e. The van der Waals surface area contributed by atoms with Crippen molar-refractivity contribution in [3.63, 3.8) is 0 Å². The Morgan fingerprint density at radius 2 is 1.92 bits per heavy atom. The van der Waals surface area contributed by atoms with E-state index in [1.165, 1.54) is 11.8 Å². The number of ether oxygens (including phenoxy) is 1. The summed E-state index contributed by atoms with van der Waals surface area (Å²) in [6.07, 6.45) is -0.283. The Labute approximate surface area is 157 Å². The van der Waals surface area contributed by atoms with Crippen LogP contribution in [0.4, 0.5) is 5.69 Å². The number of fused-ring (bicyclic) bond motifs is 1. The van der Waals surface area contributed by atoms with Crippen molar-refractivity contribution in [1.82, 2.24) is 0 Å². The minimum atomic E-state index is -1.88. The van der Waals surface area contributed by atoms with Gasteiger partial charge >= 0.3 is 0 Å². The summed E-state index contributed by atoms with van der Waals surface area (Å²) in [7, 11) is 0. The predicted octanol–water partition coefficient (Wildman–Crippen LogP) is 3.24. The van der Waals surface area contributed by atoms with Crippen molar-refractivity contribution in [2.75, 3.05) is 18.1 Å². The molecular formula is C20H20ClNO4. The number of anilines is 1. The van der Waals surface area contributed by atoms with Crippen LogP contribution in [0.2, 0.25) is 5.02 Å². The minimum absolute atomic E-state index is 0.212. The molecule has 5 nitrogen and oxygen atoms in total. The molecule has 0 spiro atoms. The van der Waals surface area contributed by atoms with Crippen molar-refractivity contribution >= 4 is 29.0 Å². The van der Waals surface area contributed by atoms with E-state index in [0.717, 1.165) is 5.56 Å². The number of rotatable bonds is 6. The van der Waals surface area contributed by atoms with Crippen LogP contribution in [0.25, 0.3) is 0 Å². The highest BCUT2D eigenvalue weighted by atomic mass is 35.5. The third-order valence-corrected chi connectivity index (χ3v) is 4.72. The fourth-order valence-electron chi connectivity index (χ4n) is 3.20. The van der Waals surface area contributed by atoms with Crippen LogP contribution in [0.15, 0.2) is 42.5 Å². The zero-order valence-electron chi connectivity index (χ0n) is 14.7. The molecule has 0 aromatic heterocycles. The lowest BCUT2D eigenvalue weighted by Crippen LogP contribution is -2.43. The summed E-state index contributed by atoms with van der Waals surface area (Å²) in [5.41, 5.74) is 0.0497. The fraction of sp³-hybridized carbons (Fsp3) is 0.300. The van der Waals surface area contributed by atoms with Crippen molar-refractivity contribution in [2.24, 2.45) is 0 Å². The van der Waals surface area contributed by atoms with Gasteiger partial charge in [0.15, 0.2) is 5.60 Å². The number of Topliss-reactive ketones (excluding diaryl/α,β-unsaturated/α-hetero) is 1. The third-order valence-electron chi connectivity index (χ3n) is 4.41. The molecule has 26 heavy (non-hydrogen) atoms. The number of hydrogen-bond donors (Lipinski definition) is 1. The van der Waals surface area contributed by atoms with E-state index in [1.807, 2.05) is 31.2 Å². The van der Waals surface area contributed by atoms with Crippen molar-refractivity contribution in [2.45, 2.75) is 25.9 Å². The van der Waals surface area contributed by atoms with Gasteiger partial charge in [-0.05, 0) is 32.0 Å². The summed E-state index contributed by atoms with van der Waals surface area (Å²) in [4.78, 5) is 25.9. The number of para-hydroxylation sites is 1. The summed E-state index contributed by atoms with van der Waals surface area (Å²) in [6.45, 7) is 3.78. The highest BCUT2D eigenvalue weighted by molar-refractivity contribution is 6.35. The molecule has 0 fully saturated rings. The molecule has 3 rings (SSSR count). The molecule has 0 radical (unpaired) electrons. The first-order chi connectivity index (χ1) is 12.3. The second kappa shape index (κ2) is 7.09. The van der Waals surface area contributed by atoms with Crippen LogP contribution in [0.5, 0.6) is 5.75 Å². The van der Waals surface area contributed by atoms with Crippen LogP contribution in [0.3, 0.4) is 0 Å². The van der Waals surface area contributed by atoms with Crippen molar-refractivity contribution in [3.05, 3.63) is 58.6 Å². The van der Waals surface area contributed by atoms with E-state index in [9.17, 15) is 14.7 Å². The minimum Gasteiger partial charge on any atom is -0.492 e. The molecule has 0 saturated carbocycles. The van der Waals surface area contributed by atoms with Gasteiger partial charge < -0.3 is 14.7 Å². The Kier molecular flexibility index (Phi) is 5.03. The average Bonchev–Trinajstić information content (AvgIpc) is 2.79. The lowest BCUT2D eigenvalue weighted by atomic mass is 9.90. The van der Waals surface area contributed by atoms with Gasteiger partial charge in [0.05, 0.1) is 17.3 Å². The number of aliphatic hydroxyl groups is 1. The molecule has 136 valence electrons. The van der Waals surface area contributed by atoms with Gasteiger partial charge in [-0.25, -0.2) is 0 Å². The molecular weight excluding hydrogens is 354 g/mol. The molecule has 1 heterocycles. The number of amides is 1. The maximum absolute atomic E-state index is 12.9. The first-order valence-electron chi connectivity index (χ1n) is 8.35. The molecule has 1 unspecified atom stereocenters. The average molecular weight is 374 g/mol. The number of carbonyl (C=O) groups excluding carboxylic acids is 2. The predicted molar refractivity (Wildman–Crippen MR) is 99.7 cm³/mol. The van der Waals surface area contributed by atoms with E-state index in [-0.39, 0.29) is 25.4 Å². The molecule has 2 aromatic carbocycles. The monoisotopic (exact) mass is 373 g/mol. The van der Waals surface area contributed by atoms with Gasteiger partial charge in [-0.15, -0.1) is 0 Å². The third kappa shape index (κ3) is 3.32. The van der Waals surface area contributed by atoms with E-state index in [0.29, 0.717) is 22.0 Å². The van der Waals surface area contributed by atoms with Gasteiger partial charge in [0.25, 0.3) is 5.91 Å². The van der Waals surface area contributed by atoms with Crippen molar-refractivity contribution in [1.29, 1.82) is 0 Å². The van der Waals surface area contributed by atoms with Crippen molar-refractivity contribution < 1.29 is 19.4 Å². The van der Waals surface area contributed by atoms with E-state index < -0.39 is 11.5 Å². The van der Waals surface area contributed by atoms with Gasteiger partial charge in [-0.2, -0.15) is 0 Å². The van der Waals surface area contributed by atoms with Gasteiger partial charge in [-0.3, -0.25) is 9.59 Å². The second-order valence-corrected chi connectivity index (χ2v) is 6.90. The SMILES string of the molecule is CC(=O)CC1(O)C(=O)N(CCOc2ccc(C)cc2)c2c(Cl)cccc21. The van der Waals surface area contributed by atoms with Crippen LogP contribution in [0, 0.1) is 6.92 Å². The van der Waals surface area contributed by atoms with E-state index in [4.69, 9.17) is 16.3 Å². The van der Waals surface area contributed by atoms with Gasteiger partial charge in [0.2, 0.25) is 0 Å². The summed E-state index contributed by atoms with van der Waals surface area (Å²) in [5.74, 6) is -0.131. The molecule has 1 aliphatic rings. The summed E-state index contributed by atoms with van der Waals surface area (Å²) < 4.78 is 5.69. The molecule has 1 amide bonds. The number of hydrogen-bond acceptors (Lipinski definition) is 4. The first kappa shape index (κ1) is 18.4. The highest BCUT2D eigenvalue weighted by Crippen LogP contribution is 2.45. The summed E-state index contributed by atoms with van der Waals surface area (Å²) in [6, 6.07) is 12.5. The topological polar surface area (TPSA) is 66.8 Å². The molecule has 1 atom stereocenters. The Hall–Kier alpha value is -2.37. The number of benzene rings is 2. The Balaban J connectivity index is 1.82. The fourth-order valence-corrected chi connectivity index (χ4v) is 3.47. The number of nitrogens with zero attached hydrogens (tertiary/aromatic N) is 1. The van der Waals surface area contributed by atoms with E-state index in [1.54, 1.807) is 18.2 Å². The zero-order chi connectivity index (χ0) is 18.9. The summed E-state index contributed by atoms with van der Waals surface area (Å²) >= 11 is 6.28. The number of carbonyl (C=O) groups is 2. The standard InChI is InChI=1S/C20H20ClNO4/c1-13-6-8-15(9-7-13)26-11-10-22-18-16(4-3-5-17(18)21)20(25,19(22)24)12-14(2)23/h3-9,25H,10-12H2,1-2H3. The Bertz CT molecular complexity index is 849. The molecule has 1 aliphatic heterocycles. The molecule has 0 saturated heterocycles. The lowest BCUT2D eigenvalue weighted by Gasteiger charge is -2.22. The molecule has 0 aliphatic carbocycles. The molecule has 6 heteroatoms. The van der Waals surface area contributed by atoms with Gasteiger partial charge in [-0.1, -0.05) is 41.4 Å².